The summed E-state index contributed by atoms with van der Waals surface area (Å²) in [6, 6.07) is 6.77. The van der Waals surface area contributed by atoms with Crippen molar-refractivity contribution < 1.29 is 23.8 Å². The molecule has 1 N–H and O–H groups in total. The van der Waals surface area contributed by atoms with Crippen LogP contribution < -0.4 is 10.1 Å². The van der Waals surface area contributed by atoms with E-state index in [1.54, 1.807) is 45.0 Å². The molecule has 6 heteroatoms. The molecule has 0 bridgehead atoms. The van der Waals surface area contributed by atoms with E-state index < -0.39 is 17.7 Å². The molecule has 0 unspecified atom stereocenters. The van der Waals surface area contributed by atoms with Crippen LogP contribution >= 0.6 is 0 Å². The lowest BCUT2D eigenvalue weighted by molar-refractivity contribution is 0.0431. The van der Waals surface area contributed by atoms with Crippen LogP contribution in [0.3, 0.4) is 0 Å². The molecular weight excluding hydrogens is 274 g/mol. The third kappa shape index (κ3) is 6.16. The van der Waals surface area contributed by atoms with E-state index in [0.29, 0.717) is 11.3 Å². The molecular formula is C15H21NO5. The molecule has 21 heavy (non-hydrogen) atoms. The average Bonchev–Trinajstić information content (AvgIpc) is 2.41. The number of esters is 1. The van der Waals surface area contributed by atoms with Crippen molar-refractivity contribution in [3.63, 3.8) is 0 Å². The molecule has 0 heterocycles. The third-order valence-electron chi connectivity index (χ3n) is 2.33. The van der Waals surface area contributed by atoms with Crippen LogP contribution in [0.4, 0.5) is 4.79 Å². The number of amides is 1. The molecule has 116 valence electrons. The fourth-order valence-electron chi connectivity index (χ4n) is 1.50. The van der Waals surface area contributed by atoms with Gasteiger partial charge in [0.1, 0.15) is 23.5 Å². The Morgan fingerprint density at radius 2 is 1.86 bits per heavy atom. The van der Waals surface area contributed by atoms with Crippen molar-refractivity contribution in [3.05, 3.63) is 29.8 Å². The highest BCUT2D eigenvalue weighted by molar-refractivity contribution is 5.92. The van der Waals surface area contributed by atoms with Gasteiger partial charge in [-0.05, 0) is 32.9 Å². The molecule has 0 saturated heterocycles. The summed E-state index contributed by atoms with van der Waals surface area (Å²) in [6.07, 6.45) is -0.546. The highest BCUT2D eigenvalue weighted by atomic mass is 16.6. The monoisotopic (exact) mass is 295 g/mol. The number of carbonyl (C=O) groups is 2. The van der Waals surface area contributed by atoms with E-state index in [1.165, 1.54) is 7.11 Å². The summed E-state index contributed by atoms with van der Waals surface area (Å²) in [5.41, 5.74) is -0.213. The highest BCUT2D eigenvalue weighted by Gasteiger charge is 2.16. The standard InChI is InChI=1S/C15H21NO5/c1-15(2,3)21-14(18)16-9-10-20-13(17)11-7-5-6-8-12(11)19-4/h5-8H,9-10H2,1-4H3,(H,16,18). The number of methoxy groups -OCH3 is 1. The Morgan fingerprint density at radius 3 is 2.48 bits per heavy atom. The maximum atomic E-state index is 11.9. The molecule has 0 aliphatic rings. The summed E-state index contributed by atoms with van der Waals surface area (Å²) in [5.74, 6) is -0.0546. The first kappa shape index (κ1) is 16.8. The van der Waals surface area contributed by atoms with E-state index in [0.717, 1.165) is 0 Å². The zero-order chi connectivity index (χ0) is 15.9. The molecule has 6 nitrogen and oxygen atoms in total. The number of para-hydroxylation sites is 1. The number of benzene rings is 1. The van der Waals surface area contributed by atoms with Crippen LogP contribution in [0, 0.1) is 0 Å². The Labute approximate surface area is 124 Å². The summed E-state index contributed by atoms with van der Waals surface area (Å²) in [5, 5.41) is 2.50. The van der Waals surface area contributed by atoms with Crippen molar-refractivity contribution in [2.45, 2.75) is 26.4 Å². The van der Waals surface area contributed by atoms with E-state index in [2.05, 4.69) is 5.32 Å². The number of rotatable bonds is 5. The zero-order valence-electron chi connectivity index (χ0n) is 12.8. The fourth-order valence-corrected chi connectivity index (χ4v) is 1.50. The summed E-state index contributed by atoms with van der Waals surface area (Å²) in [7, 11) is 1.48. The molecule has 0 radical (unpaired) electrons. The first-order chi connectivity index (χ1) is 9.83. The number of ether oxygens (including phenoxy) is 3. The van der Waals surface area contributed by atoms with Gasteiger partial charge in [-0.2, -0.15) is 0 Å². The van der Waals surface area contributed by atoms with Gasteiger partial charge in [-0.15, -0.1) is 0 Å². The number of hydrogen-bond acceptors (Lipinski definition) is 5. The minimum atomic E-state index is -0.557. The average molecular weight is 295 g/mol. The second-order valence-electron chi connectivity index (χ2n) is 5.26. The third-order valence-corrected chi connectivity index (χ3v) is 2.33. The number of hydrogen-bond donors (Lipinski definition) is 1. The molecule has 1 aromatic rings. The quantitative estimate of drug-likeness (QED) is 0.667. The predicted molar refractivity (Wildman–Crippen MR) is 77.5 cm³/mol. The van der Waals surface area contributed by atoms with Crippen molar-refractivity contribution in [2.24, 2.45) is 0 Å². The van der Waals surface area contributed by atoms with Gasteiger partial charge in [0.25, 0.3) is 0 Å². The van der Waals surface area contributed by atoms with E-state index >= 15 is 0 Å². The molecule has 1 aromatic carbocycles. The number of carbonyl (C=O) groups excluding carboxylic acids is 2. The van der Waals surface area contributed by atoms with E-state index in [9.17, 15) is 9.59 Å². The van der Waals surface area contributed by atoms with Crippen molar-refractivity contribution in [2.75, 3.05) is 20.3 Å². The van der Waals surface area contributed by atoms with Crippen molar-refractivity contribution in [1.29, 1.82) is 0 Å². The number of nitrogens with one attached hydrogen (secondary N) is 1. The molecule has 0 aliphatic heterocycles. The second-order valence-corrected chi connectivity index (χ2v) is 5.26. The Balaban J connectivity index is 2.36. The Morgan fingerprint density at radius 1 is 1.19 bits per heavy atom. The molecule has 0 fully saturated rings. The van der Waals surface area contributed by atoms with Crippen molar-refractivity contribution in [1.82, 2.24) is 5.32 Å². The van der Waals surface area contributed by atoms with E-state index in [-0.39, 0.29) is 13.2 Å². The fraction of sp³-hybridized carbons (Fsp3) is 0.467. The molecule has 1 rings (SSSR count). The van der Waals surface area contributed by atoms with Gasteiger partial charge in [0.15, 0.2) is 0 Å². The lowest BCUT2D eigenvalue weighted by atomic mass is 10.2. The molecule has 1 amide bonds. The maximum Gasteiger partial charge on any atom is 0.407 e. The summed E-state index contributed by atoms with van der Waals surface area (Å²) in [4.78, 5) is 23.2. The largest absolute Gasteiger partial charge is 0.496 e. The topological polar surface area (TPSA) is 73.9 Å². The van der Waals surface area contributed by atoms with Crippen LogP contribution in [-0.4, -0.2) is 37.9 Å². The number of alkyl carbamates (subject to hydrolysis) is 1. The van der Waals surface area contributed by atoms with E-state index in [1.807, 2.05) is 0 Å². The molecule has 0 aliphatic carbocycles. The van der Waals surface area contributed by atoms with Gasteiger partial charge >= 0.3 is 12.1 Å². The van der Waals surface area contributed by atoms with E-state index in [4.69, 9.17) is 14.2 Å². The van der Waals surface area contributed by atoms with Gasteiger partial charge in [-0.3, -0.25) is 0 Å². The van der Waals surface area contributed by atoms with Crippen molar-refractivity contribution in [3.8, 4) is 5.75 Å². The van der Waals surface area contributed by atoms with Crippen LogP contribution in [0.15, 0.2) is 24.3 Å². The van der Waals surface area contributed by atoms with Gasteiger partial charge in [0.05, 0.1) is 13.7 Å². The zero-order valence-corrected chi connectivity index (χ0v) is 12.8. The lowest BCUT2D eigenvalue weighted by Gasteiger charge is -2.19. The molecule has 0 spiro atoms. The molecule has 0 saturated carbocycles. The van der Waals surface area contributed by atoms with Crippen LogP contribution in [0.5, 0.6) is 5.75 Å². The minimum Gasteiger partial charge on any atom is -0.496 e. The van der Waals surface area contributed by atoms with Crippen LogP contribution in [0.1, 0.15) is 31.1 Å². The molecule has 0 aromatic heterocycles. The van der Waals surface area contributed by atoms with Crippen molar-refractivity contribution >= 4 is 12.1 Å². The summed E-state index contributed by atoms with van der Waals surface area (Å²) in [6.45, 7) is 5.54. The Bertz CT molecular complexity index is 493. The summed E-state index contributed by atoms with van der Waals surface area (Å²) >= 11 is 0. The second kappa shape index (κ2) is 7.52. The summed E-state index contributed by atoms with van der Waals surface area (Å²) < 4.78 is 15.2. The highest BCUT2D eigenvalue weighted by Crippen LogP contribution is 2.17. The van der Waals surface area contributed by atoms with Gasteiger partial charge in [0, 0.05) is 0 Å². The SMILES string of the molecule is COc1ccccc1C(=O)OCCNC(=O)OC(C)(C)C. The van der Waals surface area contributed by atoms with Crippen LogP contribution in [0.25, 0.3) is 0 Å². The minimum absolute atomic E-state index is 0.0517. The Hall–Kier alpha value is -2.24. The van der Waals surface area contributed by atoms with Gasteiger partial charge in [0.2, 0.25) is 0 Å². The predicted octanol–water partition coefficient (Wildman–Crippen LogP) is 2.38. The van der Waals surface area contributed by atoms with Gasteiger partial charge in [-0.25, -0.2) is 9.59 Å². The lowest BCUT2D eigenvalue weighted by Crippen LogP contribution is -2.34. The van der Waals surface area contributed by atoms with Gasteiger partial charge < -0.3 is 19.5 Å². The Kier molecular flexibility index (Phi) is 6.02. The molecule has 0 atom stereocenters. The van der Waals surface area contributed by atoms with Crippen LogP contribution in [0.2, 0.25) is 0 Å². The van der Waals surface area contributed by atoms with Gasteiger partial charge in [-0.1, -0.05) is 12.1 Å². The maximum absolute atomic E-state index is 11.9. The van der Waals surface area contributed by atoms with Crippen LogP contribution in [-0.2, 0) is 9.47 Å². The first-order valence-corrected chi connectivity index (χ1v) is 6.60. The smallest absolute Gasteiger partial charge is 0.407 e. The normalized spacial score (nSPS) is 10.7. The first-order valence-electron chi connectivity index (χ1n) is 6.60.